The van der Waals surface area contributed by atoms with Crippen LogP contribution < -0.4 is 0 Å². The van der Waals surface area contributed by atoms with E-state index in [1.54, 1.807) is 12.0 Å². The molecule has 0 bridgehead atoms. The Hall–Kier alpha value is -2.47. The van der Waals surface area contributed by atoms with Gasteiger partial charge in [0.25, 0.3) is 5.91 Å². The van der Waals surface area contributed by atoms with Crippen LogP contribution in [0.5, 0.6) is 0 Å². The Morgan fingerprint density at radius 2 is 2.00 bits per heavy atom. The molecule has 1 saturated carbocycles. The van der Waals surface area contributed by atoms with Crippen molar-refractivity contribution in [3.63, 3.8) is 0 Å². The van der Waals surface area contributed by atoms with Gasteiger partial charge in [-0.05, 0) is 50.8 Å². The third-order valence-corrected chi connectivity index (χ3v) is 5.87. The standard InChI is InChI=1S/C22H26N2O4/c1-12-6-13(2)21-17(7-12)18(10-19(23-21)14-4-5-14)22(27)24-11-16(28-3)8-15(24)9-20(25)26/h6-7,10,14-16H,4-5,8-9,11H2,1-3H3,(H,25,26). The average molecular weight is 382 g/mol. The largest absolute Gasteiger partial charge is 0.481 e. The van der Waals surface area contributed by atoms with Crippen LogP contribution in [0.15, 0.2) is 18.2 Å². The monoisotopic (exact) mass is 382 g/mol. The summed E-state index contributed by atoms with van der Waals surface area (Å²) in [5.41, 5.74) is 4.62. The maximum atomic E-state index is 13.6. The number of likely N-dealkylation sites (tertiary alicyclic amines) is 1. The smallest absolute Gasteiger partial charge is 0.305 e. The maximum Gasteiger partial charge on any atom is 0.305 e. The Kier molecular flexibility index (Phi) is 4.83. The van der Waals surface area contributed by atoms with E-state index in [-0.39, 0.29) is 24.5 Å². The molecule has 1 aliphatic heterocycles. The van der Waals surface area contributed by atoms with Gasteiger partial charge in [-0.25, -0.2) is 0 Å². The van der Waals surface area contributed by atoms with Crippen molar-refractivity contribution in [2.24, 2.45) is 0 Å². The normalized spacial score (nSPS) is 22.0. The summed E-state index contributed by atoms with van der Waals surface area (Å²) in [6, 6.07) is 5.67. The molecule has 2 atom stereocenters. The second-order valence-electron chi connectivity index (χ2n) is 8.15. The first-order chi connectivity index (χ1) is 13.4. The topological polar surface area (TPSA) is 79.7 Å². The van der Waals surface area contributed by atoms with E-state index in [1.165, 1.54) is 0 Å². The third-order valence-electron chi connectivity index (χ3n) is 5.87. The summed E-state index contributed by atoms with van der Waals surface area (Å²) in [6.45, 7) is 4.46. The molecule has 4 rings (SSSR count). The molecule has 6 heteroatoms. The molecule has 1 aromatic heterocycles. The van der Waals surface area contributed by atoms with Crippen LogP contribution >= 0.6 is 0 Å². The van der Waals surface area contributed by atoms with Crippen molar-refractivity contribution in [2.75, 3.05) is 13.7 Å². The van der Waals surface area contributed by atoms with Gasteiger partial charge in [0.05, 0.1) is 23.6 Å². The number of fused-ring (bicyclic) bond motifs is 1. The number of aromatic nitrogens is 1. The minimum absolute atomic E-state index is 0.0673. The van der Waals surface area contributed by atoms with E-state index in [0.29, 0.717) is 24.4 Å². The number of carbonyl (C=O) groups is 2. The number of hydrogen-bond donors (Lipinski definition) is 1. The van der Waals surface area contributed by atoms with E-state index >= 15 is 0 Å². The van der Waals surface area contributed by atoms with Gasteiger partial charge in [0.1, 0.15) is 0 Å². The number of carboxylic acids is 1. The minimum atomic E-state index is -0.899. The Morgan fingerprint density at radius 1 is 1.25 bits per heavy atom. The highest BCUT2D eigenvalue weighted by molar-refractivity contribution is 6.07. The highest BCUT2D eigenvalue weighted by Gasteiger charge is 2.38. The number of aryl methyl sites for hydroxylation is 2. The number of aliphatic carboxylic acids is 1. The molecule has 1 amide bonds. The number of hydrogen-bond acceptors (Lipinski definition) is 4. The minimum Gasteiger partial charge on any atom is -0.481 e. The van der Waals surface area contributed by atoms with E-state index < -0.39 is 5.97 Å². The molecule has 1 aromatic carbocycles. The van der Waals surface area contributed by atoms with Gasteiger partial charge in [-0.2, -0.15) is 0 Å². The lowest BCUT2D eigenvalue weighted by Crippen LogP contribution is -2.37. The number of ether oxygens (including phenoxy) is 1. The van der Waals surface area contributed by atoms with Gasteiger partial charge in [-0.3, -0.25) is 14.6 Å². The van der Waals surface area contributed by atoms with Crippen LogP contribution in [0.2, 0.25) is 0 Å². The number of benzene rings is 1. The molecule has 1 N–H and O–H groups in total. The summed E-state index contributed by atoms with van der Waals surface area (Å²) in [5.74, 6) is -0.591. The molecule has 2 aromatic rings. The van der Waals surface area contributed by atoms with Gasteiger partial charge >= 0.3 is 5.97 Å². The summed E-state index contributed by atoms with van der Waals surface area (Å²) >= 11 is 0. The van der Waals surface area contributed by atoms with Crippen LogP contribution in [0.3, 0.4) is 0 Å². The zero-order chi connectivity index (χ0) is 20.0. The van der Waals surface area contributed by atoms with Gasteiger partial charge in [-0.15, -0.1) is 0 Å². The van der Waals surface area contributed by atoms with Crippen molar-refractivity contribution in [1.29, 1.82) is 0 Å². The van der Waals surface area contributed by atoms with E-state index in [2.05, 4.69) is 6.07 Å². The molecule has 1 saturated heterocycles. The SMILES string of the molecule is COC1CC(CC(=O)O)N(C(=O)c2cc(C3CC3)nc3c(C)cc(C)cc23)C1. The van der Waals surface area contributed by atoms with Crippen molar-refractivity contribution in [2.45, 2.75) is 57.6 Å². The van der Waals surface area contributed by atoms with Crippen molar-refractivity contribution >= 4 is 22.8 Å². The number of carbonyl (C=O) groups excluding carboxylic acids is 1. The summed E-state index contributed by atoms with van der Waals surface area (Å²) in [7, 11) is 1.61. The van der Waals surface area contributed by atoms with Gasteiger partial charge < -0.3 is 14.7 Å². The van der Waals surface area contributed by atoms with Crippen molar-refractivity contribution in [1.82, 2.24) is 9.88 Å². The fourth-order valence-corrected chi connectivity index (χ4v) is 4.31. The van der Waals surface area contributed by atoms with Crippen LogP contribution in [0.1, 0.15) is 58.8 Å². The lowest BCUT2D eigenvalue weighted by atomic mass is 9.99. The summed E-state index contributed by atoms with van der Waals surface area (Å²) in [4.78, 5) is 31.4. The lowest BCUT2D eigenvalue weighted by molar-refractivity contribution is -0.137. The summed E-state index contributed by atoms with van der Waals surface area (Å²) < 4.78 is 5.44. The number of amides is 1. The molecule has 2 heterocycles. The summed E-state index contributed by atoms with van der Waals surface area (Å²) in [5, 5.41) is 10.1. The number of nitrogens with zero attached hydrogens (tertiary/aromatic N) is 2. The molecule has 2 unspecified atom stereocenters. The zero-order valence-electron chi connectivity index (χ0n) is 16.6. The predicted molar refractivity (Wildman–Crippen MR) is 106 cm³/mol. The van der Waals surface area contributed by atoms with E-state index in [0.717, 1.165) is 40.6 Å². The van der Waals surface area contributed by atoms with E-state index in [9.17, 15) is 14.7 Å². The number of pyridine rings is 1. The molecule has 0 radical (unpaired) electrons. The number of carboxylic acid groups (broad SMARTS) is 1. The van der Waals surface area contributed by atoms with Crippen molar-refractivity contribution in [3.8, 4) is 0 Å². The molecule has 1 aliphatic carbocycles. The van der Waals surface area contributed by atoms with Crippen LogP contribution in [0.4, 0.5) is 0 Å². The Morgan fingerprint density at radius 3 is 2.64 bits per heavy atom. The number of rotatable bonds is 5. The highest BCUT2D eigenvalue weighted by atomic mass is 16.5. The molecule has 2 aliphatic rings. The Labute approximate surface area is 164 Å². The first-order valence-electron chi connectivity index (χ1n) is 9.84. The van der Waals surface area contributed by atoms with Gasteiger partial charge in [-0.1, -0.05) is 11.6 Å². The van der Waals surface area contributed by atoms with Gasteiger partial charge in [0.15, 0.2) is 0 Å². The highest BCUT2D eigenvalue weighted by Crippen LogP contribution is 2.41. The molecule has 6 nitrogen and oxygen atoms in total. The van der Waals surface area contributed by atoms with Gasteiger partial charge in [0.2, 0.25) is 0 Å². The second kappa shape index (κ2) is 7.17. The van der Waals surface area contributed by atoms with Crippen LogP contribution in [-0.4, -0.2) is 52.7 Å². The molecular formula is C22H26N2O4. The Balaban J connectivity index is 1.80. The molecule has 0 spiro atoms. The maximum absolute atomic E-state index is 13.6. The first-order valence-corrected chi connectivity index (χ1v) is 9.84. The van der Waals surface area contributed by atoms with Crippen molar-refractivity contribution in [3.05, 3.63) is 40.6 Å². The Bertz CT molecular complexity index is 951. The predicted octanol–water partition coefficient (Wildman–Crippen LogP) is 3.43. The molecule has 148 valence electrons. The molecule has 28 heavy (non-hydrogen) atoms. The second-order valence-corrected chi connectivity index (χ2v) is 8.15. The van der Waals surface area contributed by atoms with Crippen LogP contribution in [0.25, 0.3) is 10.9 Å². The molecular weight excluding hydrogens is 356 g/mol. The third kappa shape index (κ3) is 3.49. The fraction of sp³-hybridized carbons (Fsp3) is 0.500. The molecule has 2 fully saturated rings. The van der Waals surface area contributed by atoms with Crippen molar-refractivity contribution < 1.29 is 19.4 Å². The quantitative estimate of drug-likeness (QED) is 0.857. The van der Waals surface area contributed by atoms with E-state index in [4.69, 9.17) is 9.72 Å². The lowest BCUT2D eigenvalue weighted by Gasteiger charge is -2.24. The number of methoxy groups -OCH3 is 1. The first kappa shape index (κ1) is 18.9. The zero-order valence-corrected chi connectivity index (χ0v) is 16.6. The average Bonchev–Trinajstić information content (AvgIpc) is 3.41. The summed E-state index contributed by atoms with van der Waals surface area (Å²) in [6.07, 6.45) is 2.56. The van der Waals surface area contributed by atoms with E-state index in [1.807, 2.05) is 26.0 Å². The van der Waals surface area contributed by atoms with Crippen LogP contribution in [-0.2, 0) is 9.53 Å². The fourth-order valence-electron chi connectivity index (χ4n) is 4.31. The van der Waals surface area contributed by atoms with Crippen LogP contribution in [0, 0.1) is 13.8 Å². The van der Waals surface area contributed by atoms with Gasteiger partial charge in [0, 0.05) is 36.7 Å².